The monoisotopic (exact) mass is 386 g/mol. The Kier molecular flexibility index (Phi) is 4.80. The Morgan fingerprint density at radius 2 is 1.90 bits per heavy atom. The molecule has 0 aliphatic carbocycles. The molecule has 1 saturated heterocycles. The van der Waals surface area contributed by atoms with Gasteiger partial charge < -0.3 is 9.64 Å². The van der Waals surface area contributed by atoms with Crippen LogP contribution < -0.4 is 0 Å². The van der Waals surface area contributed by atoms with Crippen LogP contribution in [0, 0.1) is 6.92 Å². The molecule has 0 radical (unpaired) electrons. The van der Waals surface area contributed by atoms with Gasteiger partial charge in [0.25, 0.3) is 5.91 Å². The average molecular weight is 386 g/mol. The molecular formula is C25H26N2O2. The summed E-state index contributed by atoms with van der Waals surface area (Å²) in [6.07, 6.45) is 5.53. The normalized spacial score (nSPS) is 17.6. The lowest BCUT2D eigenvalue weighted by atomic mass is 9.87. The van der Waals surface area contributed by atoms with E-state index in [0.717, 1.165) is 56.7 Å². The van der Waals surface area contributed by atoms with Gasteiger partial charge in [0, 0.05) is 43.3 Å². The van der Waals surface area contributed by atoms with E-state index in [2.05, 4.69) is 46.3 Å². The molecule has 0 bridgehead atoms. The van der Waals surface area contributed by atoms with Gasteiger partial charge in [0.2, 0.25) is 0 Å². The first-order valence-electron chi connectivity index (χ1n) is 10.5. The van der Waals surface area contributed by atoms with E-state index in [1.165, 1.54) is 27.5 Å². The highest BCUT2D eigenvalue weighted by Gasteiger charge is 2.32. The van der Waals surface area contributed by atoms with E-state index in [-0.39, 0.29) is 5.91 Å². The number of hydrogen-bond donors (Lipinski definition) is 0. The maximum Gasteiger partial charge on any atom is 0.254 e. The molecule has 5 rings (SSSR count). The topological polar surface area (TPSA) is 42.4 Å². The highest BCUT2D eigenvalue weighted by atomic mass is 16.5. The fourth-order valence-electron chi connectivity index (χ4n) is 4.77. The molecule has 4 nitrogen and oxygen atoms in total. The molecule has 2 aliphatic rings. The van der Waals surface area contributed by atoms with Crippen molar-refractivity contribution in [3.05, 3.63) is 76.6 Å². The van der Waals surface area contributed by atoms with E-state index in [9.17, 15) is 4.79 Å². The highest BCUT2D eigenvalue weighted by molar-refractivity contribution is 6.04. The molecule has 3 aromatic rings. The van der Waals surface area contributed by atoms with Gasteiger partial charge in [-0.3, -0.25) is 9.78 Å². The van der Waals surface area contributed by atoms with Crippen LogP contribution in [0.5, 0.6) is 0 Å². The number of carbonyl (C=O) groups is 1. The smallest absolute Gasteiger partial charge is 0.254 e. The van der Waals surface area contributed by atoms with Crippen LogP contribution in [0.3, 0.4) is 0 Å². The van der Waals surface area contributed by atoms with Gasteiger partial charge in [0.15, 0.2) is 0 Å². The Bertz CT molecular complexity index is 1050. The minimum Gasteiger partial charge on any atom is -0.381 e. The number of ether oxygens (including phenoxy) is 1. The number of fused-ring (bicyclic) bond motifs is 3. The molecular weight excluding hydrogens is 360 g/mol. The molecule has 1 aromatic heterocycles. The van der Waals surface area contributed by atoms with Crippen molar-refractivity contribution in [2.75, 3.05) is 19.8 Å². The summed E-state index contributed by atoms with van der Waals surface area (Å²) in [5, 5.41) is 2.47. The third-order valence-electron chi connectivity index (χ3n) is 6.33. The zero-order chi connectivity index (χ0) is 19.8. The van der Waals surface area contributed by atoms with Gasteiger partial charge in [-0.1, -0.05) is 30.3 Å². The Morgan fingerprint density at radius 1 is 1.10 bits per heavy atom. The lowest BCUT2D eigenvalue weighted by Crippen LogP contribution is -2.47. The molecule has 0 unspecified atom stereocenters. The Balaban J connectivity index is 1.57. The molecule has 1 amide bonds. The lowest BCUT2D eigenvalue weighted by Gasteiger charge is -2.38. The molecule has 2 aliphatic heterocycles. The van der Waals surface area contributed by atoms with Crippen molar-refractivity contribution in [2.24, 2.45) is 0 Å². The van der Waals surface area contributed by atoms with E-state index in [0.29, 0.717) is 6.04 Å². The van der Waals surface area contributed by atoms with Gasteiger partial charge in [-0.15, -0.1) is 0 Å². The maximum absolute atomic E-state index is 13.5. The first-order valence-corrected chi connectivity index (χ1v) is 10.5. The van der Waals surface area contributed by atoms with Crippen LogP contribution >= 0.6 is 0 Å². The van der Waals surface area contributed by atoms with Crippen molar-refractivity contribution in [3.8, 4) is 0 Å². The van der Waals surface area contributed by atoms with Gasteiger partial charge in [0.05, 0.1) is 0 Å². The van der Waals surface area contributed by atoms with Crippen molar-refractivity contribution in [1.29, 1.82) is 0 Å². The number of rotatable bonds is 3. The molecule has 148 valence electrons. The van der Waals surface area contributed by atoms with E-state index in [4.69, 9.17) is 4.74 Å². The van der Waals surface area contributed by atoms with Crippen LogP contribution in [-0.4, -0.2) is 41.6 Å². The van der Waals surface area contributed by atoms with Gasteiger partial charge in [-0.05, 0) is 72.2 Å². The first kappa shape index (κ1) is 18.3. The maximum atomic E-state index is 13.5. The number of hydrogen-bond acceptors (Lipinski definition) is 3. The molecule has 2 aromatic carbocycles. The molecule has 1 fully saturated rings. The van der Waals surface area contributed by atoms with Crippen molar-refractivity contribution in [2.45, 2.75) is 38.6 Å². The van der Waals surface area contributed by atoms with Crippen LogP contribution in [0.4, 0.5) is 0 Å². The summed E-state index contributed by atoms with van der Waals surface area (Å²) in [5.74, 6) is 0.187. The second kappa shape index (κ2) is 7.60. The molecule has 0 atom stereocenters. The average Bonchev–Trinajstić information content (AvgIpc) is 2.77. The molecule has 29 heavy (non-hydrogen) atoms. The third-order valence-corrected chi connectivity index (χ3v) is 6.33. The fraction of sp³-hybridized carbons (Fsp3) is 0.360. The molecule has 4 heteroatoms. The number of aromatic nitrogens is 1. The number of benzene rings is 2. The van der Waals surface area contributed by atoms with Crippen LogP contribution in [-0.2, 0) is 17.6 Å². The summed E-state index contributed by atoms with van der Waals surface area (Å²) in [6, 6.07) is 15.1. The third kappa shape index (κ3) is 3.42. The van der Waals surface area contributed by atoms with Crippen molar-refractivity contribution in [1.82, 2.24) is 9.88 Å². The molecule has 0 spiro atoms. The summed E-state index contributed by atoms with van der Waals surface area (Å²) in [6.45, 7) is 4.32. The molecule has 0 saturated carbocycles. The summed E-state index contributed by atoms with van der Waals surface area (Å²) in [5.41, 5.74) is 5.49. The largest absolute Gasteiger partial charge is 0.381 e. The zero-order valence-electron chi connectivity index (χ0n) is 16.9. The van der Waals surface area contributed by atoms with Gasteiger partial charge >= 0.3 is 0 Å². The second-order valence-electron chi connectivity index (χ2n) is 8.18. The van der Waals surface area contributed by atoms with Crippen LogP contribution in [0.2, 0.25) is 0 Å². The summed E-state index contributed by atoms with van der Waals surface area (Å²) in [7, 11) is 0. The number of amides is 1. The van der Waals surface area contributed by atoms with E-state index >= 15 is 0 Å². The molecule has 3 heterocycles. The van der Waals surface area contributed by atoms with Crippen LogP contribution in [0.15, 0.2) is 48.7 Å². The van der Waals surface area contributed by atoms with Crippen molar-refractivity contribution in [3.63, 3.8) is 0 Å². The Hall–Kier alpha value is -2.72. The van der Waals surface area contributed by atoms with Gasteiger partial charge in [0.1, 0.15) is 0 Å². The number of nitrogens with zero attached hydrogens (tertiary/aromatic N) is 2. The standard InChI is InChI=1S/C25H26N2O2/c1-17-6-7-18(16-26-17)14-19-15-24-23(22-5-3-2-4-21(19)22)8-11-27(25(24)28)20-9-12-29-13-10-20/h2-7,15-16,20H,8-14H2,1H3. The van der Waals surface area contributed by atoms with E-state index in [1.807, 2.05) is 19.2 Å². The fourth-order valence-corrected chi connectivity index (χ4v) is 4.77. The first-order chi connectivity index (χ1) is 14.2. The summed E-state index contributed by atoms with van der Waals surface area (Å²) < 4.78 is 5.50. The van der Waals surface area contributed by atoms with E-state index < -0.39 is 0 Å². The molecule has 0 N–H and O–H groups in total. The van der Waals surface area contributed by atoms with Gasteiger partial charge in [-0.25, -0.2) is 0 Å². The highest BCUT2D eigenvalue weighted by Crippen LogP contribution is 2.33. The predicted molar refractivity (Wildman–Crippen MR) is 114 cm³/mol. The number of carbonyl (C=O) groups excluding carboxylic acids is 1. The Morgan fingerprint density at radius 3 is 2.66 bits per heavy atom. The SMILES string of the molecule is Cc1ccc(Cc2cc3c(c4ccccc24)CCN(C2CCOCC2)C3=O)cn1. The van der Waals surface area contributed by atoms with Crippen molar-refractivity contribution < 1.29 is 9.53 Å². The quantitative estimate of drug-likeness (QED) is 0.674. The number of pyridine rings is 1. The van der Waals surface area contributed by atoms with Gasteiger partial charge in [-0.2, -0.15) is 0 Å². The van der Waals surface area contributed by atoms with Crippen LogP contribution in [0.25, 0.3) is 10.8 Å². The van der Waals surface area contributed by atoms with E-state index in [1.54, 1.807) is 0 Å². The summed E-state index contributed by atoms with van der Waals surface area (Å²) in [4.78, 5) is 20.0. The zero-order valence-corrected chi connectivity index (χ0v) is 16.9. The Labute approximate surface area is 171 Å². The predicted octanol–water partition coefficient (Wildman–Crippen LogP) is 4.31. The van der Waals surface area contributed by atoms with Crippen molar-refractivity contribution >= 4 is 16.7 Å². The lowest BCUT2D eigenvalue weighted by molar-refractivity contribution is 0.0277. The summed E-state index contributed by atoms with van der Waals surface area (Å²) >= 11 is 0. The number of aryl methyl sites for hydroxylation is 1. The minimum absolute atomic E-state index is 0.187. The second-order valence-corrected chi connectivity index (χ2v) is 8.18. The minimum atomic E-state index is 0.187. The van der Waals surface area contributed by atoms with Crippen LogP contribution in [0.1, 0.15) is 45.6 Å².